The highest BCUT2D eigenvalue weighted by atomic mass is 32.2. The average molecular weight is 331 g/mol. The molecule has 0 saturated heterocycles. The van der Waals surface area contributed by atoms with Crippen molar-refractivity contribution >= 4 is 10.0 Å². The number of sulfonamides is 1. The lowest BCUT2D eigenvalue weighted by molar-refractivity contribution is 0.567. The maximum absolute atomic E-state index is 12.5. The lowest BCUT2D eigenvalue weighted by Gasteiger charge is -2.16. The van der Waals surface area contributed by atoms with Gasteiger partial charge in [-0.1, -0.05) is 44.2 Å². The Morgan fingerprint density at radius 3 is 1.91 bits per heavy atom. The van der Waals surface area contributed by atoms with E-state index in [0.717, 1.165) is 16.7 Å². The minimum absolute atomic E-state index is 0.275. The van der Waals surface area contributed by atoms with Crippen LogP contribution in [0, 0.1) is 13.8 Å². The first-order chi connectivity index (χ1) is 10.7. The molecule has 0 bridgehead atoms. The van der Waals surface area contributed by atoms with Crippen LogP contribution < -0.4 is 4.72 Å². The molecule has 0 saturated carbocycles. The highest BCUT2D eigenvalue weighted by molar-refractivity contribution is 7.89. The van der Waals surface area contributed by atoms with Crippen molar-refractivity contribution in [2.45, 2.75) is 51.5 Å². The first-order valence-electron chi connectivity index (χ1n) is 7.90. The molecule has 2 aromatic rings. The summed E-state index contributed by atoms with van der Waals surface area (Å²) in [4.78, 5) is 0.311. The summed E-state index contributed by atoms with van der Waals surface area (Å²) in [7, 11) is -3.52. The van der Waals surface area contributed by atoms with Gasteiger partial charge in [-0.15, -0.1) is 0 Å². The molecule has 3 nitrogen and oxygen atoms in total. The van der Waals surface area contributed by atoms with E-state index in [1.165, 1.54) is 5.56 Å². The predicted octanol–water partition coefficient (Wildman–Crippen LogP) is 4.47. The van der Waals surface area contributed by atoms with Crippen molar-refractivity contribution in [2.24, 2.45) is 0 Å². The molecule has 0 radical (unpaired) electrons. The predicted molar refractivity (Wildman–Crippen MR) is 95.2 cm³/mol. The maximum atomic E-state index is 12.5. The van der Waals surface area contributed by atoms with Crippen molar-refractivity contribution in [1.29, 1.82) is 0 Å². The van der Waals surface area contributed by atoms with Crippen LogP contribution in [0.1, 0.15) is 55.0 Å². The van der Waals surface area contributed by atoms with Crippen LogP contribution in [-0.2, 0) is 10.0 Å². The first-order valence-corrected chi connectivity index (χ1v) is 9.38. The van der Waals surface area contributed by atoms with E-state index in [9.17, 15) is 8.42 Å². The Hall–Kier alpha value is -1.65. The summed E-state index contributed by atoms with van der Waals surface area (Å²) in [5.41, 5.74) is 4.27. The van der Waals surface area contributed by atoms with Crippen LogP contribution in [-0.4, -0.2) is 8.42 Å². The molecule has 2 aromatic carbocycles. The second kappa shape index (κ2) is 6.85. The van der Waals surface area contributed by atoms with Gasteiger partial charge in [0.2, 0.25) is 10.0 Å². The monoisotopic (exact) mass is 331 g/mol. The maximum Gasteiger partial charge on any atom is 0.241 e. The lowest BCUT2D eigenvalue weighted by Crippen LogP contribution is -2.27. The van der Waals surface area contributed by atoms with E-state index in [1.807, 2.05) is 39.0 Å². The second-order valence-electron chi connectivity index (χ2n) is 6.41. The smallest absolute Gasteiger partial charge is 0.207 e. The summed E-state index contributed by atoms with van der Waals surface area (Å²) in [6.45, 7) is 10.0. The molecule has 0 amide bonds. The number of hydrogen-bond acceptors (Lipinski definition) is 2. The van der Waals surface area contributed by atoms with Gasteiger partial charge in [0, 0.05) is 6.04 Å². The molecule has 0 heterocycles. The zero-order chi connectivity index (χ0) is 17.2. The minimum Gasteiger partial charge on any atom is -0.207 e. The zero-order valence-electron chi connectivity index (χ0n) is 14.4. The van der Waals surface area contributed by atoms with Crippen LogP contribution in [0.4, 0.5) is 0 Å². The molecular weight excluding hydrogens is 306 g/mol. The van der Waals surface area contributed by atoms with Gasteiger partial charge in [-0.2, -0.15) is 0 Å². The van der Waals surface area contributed by atoms with E-state index in [2.05, 4.69) is 30.7 Å². The largest absolute Gasteiger partial charge is 0.241 e. The topological polar surface area (TPSA) is 46.2 Å². The van der Waals surface area contributed by atoms with Gasteiger partial charge in [0.1, 0.15) is 0 Å². The van der Waals surface area contributed by atoms with Gasteiger partial charge in [0.25, 0.3) is 0 Å². The highest BCUT2D eigenvalue weighted by Gasteiger charge is 2.19. The molecule has 0 aromatic heterocycles. The van der Waals surface area contributed by atoms with Gasteiger partial charge >= 0.3 is 0 Å². The van der Waals surface area contributed by atoms with E-state index in [-0.39, 0.29) is 6.04 Å². The van der Waals surface area contributed by atoms with Crippen LogP contribution in [0.25, 0.3) is 0 Å². The van der Waals surface area contributed by atoms with Gasteiger partial charge < -0.3 is 0 Å². The van der Waals surface area contributed by atoms with Crippen LogP contribution in [0.15, 0.2) is 47.4 Å². The zero-order valence-corrected chi connectivity index (χ0v) is 15.2. The summed E-state index contributed by atoms with van der Waals surface area (Å²) in [5, 5.41) is 0. The summed E-state index contributed by atoms with van der Waals surface area (Å²) in [5.74, 6) is 0.464. The summed E-state index contributed by atoms with van der Waals surface area (Å²) in [6, 6.07) is 13.0. The standard InChI is InChI=1S/C19H25NO2S/c1-13(2)17-7-9-18(10-8-17)16(5)20-23(21,22)19-11-6-14(3)15(4)12-19/h6-13,16,20H,1-5H3. The van der Waals surface area contributed by atoms with Crippen molar-refractivity contribution < 1.29 is 8.42 Å². The molecule has 4 heteroatoms. The lowest BCUT2D eigenvalue weighted by atomic mass is 10.00. The van der Waals surface area contributed by atoms with Crippen molar-refractivity contribution in [3.63, 3.8) is 0 Å². The Labute approximate surface area is 139 Å². The molecule has 0 aliphatic rings. The summed E-state index contributed by atoms with van der Waals surface area (Å²) >= 11 is 0. The number of rotatable bonds is 5. The Morgan fingerprint density at radius 1 is 0.826 bits per heavy atom. The molecule has 1 unspecified atom stereocenters. The van der Waals surface area contributed by atoms with Crippen molar-refractivity contribution in [3.05, 3.63) is 64.7 Å². The highest BCUT2D eigenvalue weighted by Crippen LogP contribution is 2.21. The molecule has 0 aliphatic heterocycles. The Kier molecular flexibility index (Phi) is 5.27. The van der Waals surface area contributed by atoms with E-state index < -0.39 is 10.0 Å². The van der Waals surface area contributed by atoms with Gasteiger partial charge in [0.15, 0.2) is 0 Å². The molecule has 0 spiro atoms. The van der Waals surface area contributed by atoms with Crippen LogP contribution in [0.3, 0.4) is 0 Å². The SMILES string of the molecule is Cc1ccc(S(=O)(=O)NC(C)c2ccc(C(C)C)cc2)cc1C. The molecule has 0 fully saturated rings. The van der Waals surface area contributed by atoms with Gasteiger partial charge in [-0.05, 0) is 61.1 Å². The van der Waals surface area contributed by atoms with Crippen LogP contribution >= 0.6 is 0 Å². The van der Waals surface area contributed by atoms with Gasteiger partial charge in [0.05, 0.1) is 4.90 Å². The minimum atomic E-state index is -3.52. The van der Waals surface area contributed by atoms with E-state index in [4.69, 9.17) is 0 Å². The van der Waals surface area contributed by atoms with Gasteiger partial charge in [-0.3, -0.25) is 0 Å². The fraction of sp³-hybridized carbons (Fsp3) is 0.368. The fourth-order valence-electron chi connectivity index (χ4n) is 2.42. The Bertz CT molecular complexity index is 778. The van der Waals surface area contributed by atoms with E-state index in [0.29, 0.717) is 10.8 Å². The third-order valence-electron chi connectivity index (χ3n) is 4.22. The Balaban J connectivity index is 2.20. The summed E-state index contributed by atoms with van der Waals surface area (Å²) < 4.78 is 27.8. The second-order valence-corrected chi connectivity index (χ2v) is 8.12. The number of benzene rings is 2. The fourth-order valence-corrected chi connectivity index (χ4v) is 3.74. The Morgan fingerprint density at radius 2 is 1.39 bits per heavy atom. The third-order valence-corrected chi connectivity index (χ3v) is 5.76. The molecular formula is C19H25NO2S. The van der Waals surface area contributed by atoms with Crippen LogP contribution in [0.5, 0.6) is 0 Å². The number of hydrogen-bond donors (Lipinski definition) is 1. The van der Waals surface area contributed by atoms with Crippen molar-refractivity contribution in [2.75, 3.05) is 0 Å². The van der Waals surface area contributed by atoms with E-state index >= 15 is 0 Å². The molecule has 1 atom stereocenters. The van der Waals surface area contributed by atoms with Gasteiger partial charge in [-0.25, -0.2) is 13.1 Å². The summed E-state index contributed by atoms with van der Waals surface area (Å²) in [6.07, 6.45) is 0. The molecule has 1 N–H and O–H groups in total. The van der Waals surface area contributed by atoms with E-state index in [1.54, 1.807) is 12.1 Å². The number of aryl methyl sites for hydroxylation is 2. The van der Waals surface area contributed by atoms with Crippen molar-refractivity contribution in [1.82, 2.24) is 4.72 Å². The quantitative estimate of drug-likeness (QED) is 0.879. The molecule has 2 rings (SSSR count). The number of nitrogens with one attached hydrogen (secondary N) is 1. The molecule has 0 aliphatic carbocycles. The van der Waals surface area contributed by atoms with Crippen LogP contribution in [0.2, 0.25) is 0 Å². The third kappa shape index (κ3) is 4.21. The molecule has 124 valence electrons. The van der Waals surface area contributed by atoms with Crippen molar-refractivity contribution in [3.8, 4) is 0 Å². The average Bonchev–Trinajstić information content (AvgIpc) is 2.49. The normalized spacial score (nSPS) is 13.3. The first kappa shape index (κ1) is 17.7. The molecule has 23 heavy (non-hydrogen) atoms.